The van der Waals surface area contributed by atoms with Crippen molar-refractivity contribution in [3.63, 3.8) is 0 Å². The van der Waals surface area contributed by atoms with Crippen LogP contribution in [0.5, 0.6) is 5.75 Å². The van der Waals surface area contributed by atoms with E-state index in [0.717, 1.165) is 23.9 Å². The van der Waals surface area contributed by atoms with Crippen LogP contribution in [0.15, 0.2) is 65.8 Å². The third-order valence-corrected chi connectivity index (χ3v) is 5.62. The van der Waals surface area contributed by atoms with E-state index in [2.05, 4.69) is 10.3 Å². The van der Waals surface area contributed by atoms with Gasteiger partial charge in [0.25, 0.3) is 5.69 Å². The summed E-state index contributed by atoms with van der Waals surface area (Å²) in [5.74, 6) is -2.10. The molecule has 0 spiro atoms. The minimum atomic E-state index is -1.07. The first-order valence-electron chi connectivity index (χ1n) is 9.55. The number of fused-ring (bicyclic) bond motifs is 1. The molecule has 3 aromatic carbocycles. The van der Waals surface area contributed by atoms with Crippen molar-refractivity contribution in [3.05, 3.63) is 82.4 Å². The van der Waals surface area contributed by atoms with Crippen LogP contribution in [-0.2, 0) is 4.79 Å². The van der Waals surface area contributed by atoms with Gasteiger partial charge >= 0.3 is 0 Å². The number of rotatable bonds is 7. The van der Waals surface area contributed by atoms with Crippen molar-refractivity contribution < 1.29 is 23.2 Å². The second-order valence-electron chi connectivity index (χ2n) is 6.80. The number of hydrogen-bond donors (Lipinski definition) is 1. The summed E-state index contributed by atoms with van der Waals surface area (Å²) in [5, 5.41) is 14.1. The topological polar surface area (TPSA) is 99.3 Å². The molecule has 4 rings (SSSR count). The molecule has 11 heteroatoms. The molecule has 33 heavy (non-hydrogen) atoms. The summed E-state index contributed by atoms with van der Waals surface area (Å²) in [6.07, 6.45) is 0. The third-order valence-electron chi connectivity index (χ3n) is 4.68. The molecule has 8 nitrogen and oxygen atoms in total. The van der Waals surface area contributed by atoms with Gasteiger partial charge in [-0.2, -0.15) is 0 Å². The van der Waals surface area contributed by atoms with Crippen molar-refractivity contribution in [2.24, 2.45) is 0 Å². The number of thioether (sulfide) groups is 1. The molecule has 0 atom stereocenters. The first-order chi connectivity index (χ1) is 15.9. The van der Waals surface area contributed by atoms with Crippen LogP contribution in [0.1, 0.15) is 0 Å². The number of carbonyl (C=O) groups is 1. The zero-order chi connectivity index (χ0) is 23.5. The number of imidazole rings is 1. The number of amides is 1. The first kappa shape index (κ1) is 22.2. The predicted molar refractivity (Wildman–Crippen MR) is 120 cm³/mol. The summed E-state index contributed by atoms with van der Waals surface area (Å²) < 4.78 is 33.7. The normalized spacial score (nSPS) is 10.9. The molecule has 0 radical (unpaired) electrons. The number of methoxy groups -OCH3 is 1. The summed E-state index contributed by atoms with van der Waals surface area (Å²) in [6, 6.07) is 14.5. The van der Waals surface area contributed by atoms with Gasteiger partial charge in [0.05, 0.1) is 34.5 Å². The number of halogens is 2. The van der Waals surface area contributed by atoms with Crippen molar-refractivity contribution in [3.8, 4) is 11.4 Å². The van der Waals surface area contributed by atoms with Crippen LogP contribution >= 0.6 is 11.8 Å². The Bertz CT molecular complexity index is 1380. The molecule has 4 aromatic rings. The molecule has 0 saturated heterocycles. The van der Waals surface area contributed by atoms with Crippen molar-refractivity contribution in [1.29, 1.82) is 0 Å². The number of hydrogen-bond acceptors (Lipinski definition) is 6. The molecule has 0 aliphatic heterocycles. The van der Waals surface area contributed by atoms with Gasteiger partial charge in [-0.3, -0.25) is 19.5 Å². The van der Waals surface area contributed by atoms with E-state index in [1.54, 1.807) is 34.9 Å². The number of benzene rings is 3. The molecular weight excluding hydrogens is 454 g/mol. The number of para-hydroxylation sites is 2. The van der Waals surface area contributed by atoms with Gasteiger partial charge in [-0.1, -0.05) is 23.9 Å². The molecular formula is C22H16F2N4O4S. The molecule has 1 amide bonds. The SMILES string of the molecule is COc1ccccc1-n1c(SCC(=O)Nc2ccc(F)c(F)c2)nc2cc([N+](=O)[O-])ccc21. The Labute approximate surface area is 190 Å². The average molecular weight is 470 g/mol. The van der Waals surface area contributed by atoms with E-state index in [1.165, 1.54) is 25.3 Å². The second-order valence-corrected chi connectivity index (χ2v) is 7.74. The van der Waals surface area contributed by atoms with Gasteiger partial charge in [-0.05, 0) is 30.3 Å². The van der Waals surface area contributed by atoms with Crippen molar-refractivity contribution in [2.45, 2.75) is 5.16 Å². The Kier molecular flexibility index (Phi) is 6.22. The fraction of sp³-hybridized carbons (Fsp3) is 0.0909. The molecule has 0 aliphatic rings. The monoisotopic (exact) mass is 470 g/mol. The lowest BCUT2D eigenvalue weighted by atomic mass is 10.2. The van der Waals surface area contributed by atoms with Crippen LogP contribution in [0.4, 0.5) is 20.2 Å². The smallest absolute Gasteiger partial charge is 0.271 e. The molecule has 0 fully saturated rings. The number of nitrogens with zero attached hydrogens (tertiary/aromatic N) is 3. The molecule has 0 bridgehead atoms. The van der Waals surface area contributed by atoms with E-state index in [-0.39, 0.29) is 17.1 Å². The van der Waals surface area contributed by atoms with Crippen molar-refractivity contribution >= 4 is 40.1 Å². The molecule has 0 unspecified atom stereocenters. The van der Waals surface area contributed by atoms with E-state index in [1.807, 2.05) is 0 Å². The maximum absolute atomic E-state index is 13.4. The van der Waals surface area contributed by atoms with E-state index in [9.17, 15) is 23.7 Å². The molecule has 1 heterocycles. The third kappa shape index (κ3) is 4.62. The van der Waals surface area contributed by atoms with Gasteiger partial charge in [0.2, 0.25) is 5.91 Å². The predicted octanol–water partition coefficient (Wildman–Crippen LogP) is 4.95. The minimum absolute atomic E-state index is 0.0977. The molecule has 0 saturated carbocycles. The number of ether oxygens (including phenoxy) is 1. The molecule has 168 valence electrons. The van der Waals surface area contributed by atoms with Crippen LogP contribution < -0.4 is 10.1 Å². The van der Waals surface area contributed by atoms with E-state index < -0.39 is 22.5 Å². The van der Waals surface area contributed by atoms with E-state index in [0.29, 0.717) is 27.6 Å². The number of carbonyl (C=O) groups excluding carboxylic acids is 1. The Morgan fingerprint density at radius 2 is 1.94 bits per heavy atom. The highest BCUT2D eigenvalue weighted by Gasteiger charge is 2.19. The fourth-order valence-corrected chi connectivity index (χ4v) is 4.03. The Morgan fingerprint density at radius 1 is 1.15 bits per heavy atom. The Balaban J connectivity index is 1.67. The lowest BCUT2D eigenvalue weighted by molar-refractivity contribution is -0.384. The molecule has 1 N–H and O–H groups in total. The number of non-ortho nitro benzene ring substituents is 1. The second kappa shape index (κ2) is 9.25. The average Bonchev–Trinajstić information content (AvgIpc) is 3.17. The summed E-state index contributed by atoms with van der Waals surface area (Å²) in [4.78, 5) is 27.6. The van der Waals surface area contributed by atoms with Gasteiger partial charge in [0, 0.05) is 23.9 Å². The summed E-state index contributed by atoms with van der Waals surface area (Å²) in [6.45, 7) is 0. The quantitative estimate of drug-likeness (QED) is 0.233. The van der Waals surface area contributed by atoms with Gasteiger partial charge in [-0.15, -0.1) is 0 Å². The van der Waals surface area contributed by atoms with Gasteiger partial charge in [-0.25, -0.2) is 13.8 Å². The number of nitrogens with one attached hydrogen (secondary N) is 1. The summed E-state index contributed by atoms with van der Waals surface area (Å²) >= 11 is 1.08. The van der Waals surface area contributed by atoms with Crippen LogP contribution in [0.25, 0.3) is 16.7 Å². The number of aromatic nitrogens is 2. The zero-order valence-corrected chi connectivity index (χ0v) is 17.9. The maximum atomic E-state index is 13.4. The number of nitro benzene ring substituents is 1. The number of anilines is 1. The van der Waals surface area contributed by atoms with Crippen LogP contribution in [0, 0.1) is 21.7 Å². The molecule has 0 aliphatic carbocycles. The van der Waals surface area contributed by atoms with Crippen LogP contribution in [0.2, 0.25) is 0 Å². The highest BCUT2D eigenvalue weighted by molar-refractivity contribution is 7.99. The highest BCUT2D eigenvalue weighted by atomic mass is 32.2. The van der Waals surface area contributed by atoms with Crippen LogP contribution in [-0.4, -0.2) is 33.2 Å². The summed E-state index contributed by atoms with van der Waals surface area (Å²) in [7, 11) is 1.52. The minimum Gasteiger partial charge on any atom is -0.495 e. The van der Waals surface area contributed by atoms with E-state index in [4.69, 9.17) is 4.74 Å². The van der Waals surface area contributed by atoms with Crippen molar-refractivity contribution in [2.75, 3.05) is 18.2 Å². The van der Waals surface area contributed by atoms with Gasteiger partial charge < -0.3 is 10.1 Å². The standard InChI is InChI=1S/C22H16F2N4O4S/c1-32-20-5-3-2-4-19(20)27-18-9-7-14(28(30)31)11-17(18)26-22(27)33-12-21(29)25-13-6-8-15(23)16(24)10-13/h2-11H,12H2,1H3,(H,25,29). The summed E-state index contributed by atoms with van der Waals surface area (Å²) in [5.41, 5.74) is 1.61. The maximum Gasteiger partial charge on any atom is 0.271 e. The largest absolute Gasteiger partial charge is 0.495 e. The van der Waals surface area contributed by atoms with Gasteiger partial charge in [0.15, 0.2) is 16.8 Å². The zero-order valence-electron chi connectivity index (χ0n) is 17.1. The number of nitro groups is 1. The van der Waals surface area contributed by atoms with Crippen molar-refractivity contribution in [1.82, 2.24) is 9.55 Å². The van der Waals surface area contributed by atoms with Gasteiger partial charge in [0.1, 0.15) is 5.75 Å². The van der Waals surface area contributed by atoms with E-state index >= 15 is 0 Å². The van der Waals surface area contributed by atoms with Crippen LogP contribution in [0.3, 0.4) is 0 Å². The lowest BCUT2D eigenvalue weighted by Crippen LogP contribution is -2.14. The molecule has 1 aromatic heterocycles. The Hall–Kier alpha value is -3.99. The Morgan fingerprint density at radius 3 is 2.67 bits per heavy atom. The lowest BCUT2D eigenvalue weighted by Gasteiger charge is -2.13. The fourth-order valence-electron chi connectivity index (χ4n) is 3.21. The first-order valence-corrected chi connectivity index (χ1v) is 10.5. The highest BCUT2D eigenvalue weighted by Crippen LogP contribution is 2.33.